The van der Waals surface area contributed by atoms with E-state index in [1.165, 1.54) is 180 Å². The van der Waals surface area contributed by atoms with Gasteiger partial charge in [-0.05, 0) is 77.0 Å². The van der Waals surface area contributed by atoms with Crippen molar-refractivity contribution in [3.8, 4) is 0 Å². The van der Waals surface area contributed by atoms with Crippen LogP contribution in [0, 0.1) is 0 Å². The minimum atomic E-state index is -0.683. The Morgan fingerprint density at radius 3 is 1.27 bits per heavy atom. The molecule has 0 heterocycles. The number of unbranched alkanes of at least 4 members (excludes halogenated alkanes) is 35. The maximum atomic E-state index is 12.5. The van der Waals surface area contributed by atoms with E-state index in [-0.39, 0.29) is 18.5 Å². The minimum Gasteiger partial charge on any atom is -0.466 e. The lowest BCUT2D eigenvalue weighted by Crippen LogP contribution is -2.45. The van der Waals surface area contributed by atoms with Crippen molar-refractivity contribution in [3.05, 3.63) is 36.5 Å². The van der Waals surface area contributed by atoms with Gasteiger partial charge in [-0.1, -0.05) is 243 Å². The lowest BCUT2D eigenvalue weighted by atomic mass is 10.0. The smallest absolute Gasteiger partial charge is 0.305 e. The number of amides is 1. The SMILES string of the molecule is CCCC/C=C\C/C=C\CCCCCCCC(=O)OCCCCCCCC/C=C\CCCCCC(=O)NC(CO)C(O)CCCCCCCCCCCCCCCCCCCCCC. The minimum absolute atomic E-state index is 0.0270. The first-order valence-electron chi connectivity index (χ1n) is 28.2. The Morgan fingerprint density at radius 2 is 0.797 bits per heavy atom. The van der Waals surface area contributed by atoms with Crippen LogP contribution in [0.3, 0.4) is 0 Å². The molecule has 1 amide bonds. The van der Waals surface area contributed by atoms with Crippen molar-refractivity contribution >= 4 is 11.9 Å². The summed E-state index contributed by atoms with van der Waals surface area (Å²) >= 11 is 0. The topological polar surface area (TPSA) is 95.9 Å². The Kier molecular flexibility index (Phi) is 52.1. The third kappa shape index (κ3) is 49.5. The first-order chi connectivity index (χ1) is 31.5. The van der Waals surface area contributed by atoms with Crippen LogP contribution in [0.15, 0.2) is 36.5 Å². The number of aliphatic hydroxyl groups is 2. The molecule has 0 saturated heterocycles. The second-order valence-corrected chi connectivity index (χ2v) is 19.3. The number of aliphatic hydroxyl groups excluding tert-OH is 2. The van der Waals surface area contributed by atoms with Gasteiger partial charge < -0.3 is 20.3 Å². The first kappa shape index (κ1) is 62.1. The largest absolute Gasteiger partial charge is 0.466 e. The van der Waals surface area contributed by atoms with Crippen LogP contribution in [0.1, 0.15) is 296 Å². The molecule has 0 aromatic carbocycles. The van der Waals surface area contributed by atoms with Gasteiger partial charge in [-0.15, -0.1) is 0 Å². The molecule has 0 aromatic heterocycles. The van der Waals surface area contributed by atoms with Crippen molar-refractivity contribution in [1.29, 1.82) is 0 Å². The highest BCUT2D eigenvalue weighted by Crippen LogP contribution is 2.17. The van der Waals surface area contributed by atoms with Crippen LogP contribution in [-0.4, -0.2) is 47.4 Å². The van der Waals surface area contributed by atoms with Crippen LogP contribution in [0.5, 0.6) is 0 Å². The number of rotatable bonds is 52. The van der Waals surface area contributed by atoms with E-state index < -0.39 is 12.1 Å². The van der Waals surface area contributed by atoms with Gasteiger partial charge in [0.2, 0.25) is 5.91 Å². The van der Waals surface area contributed by atoms with Crippen LogP contribution < -0.4 is 5.32 Å². The molecule has 0 aliphatic carbocycles. The Hall–Kier alpha value is -1.92. The average Bonchev–Trinajstić information content (AvgIpc) is 3.29. The van der Waals surface area contributed by atoms with Gasteiger partial charge >= 0.3 is 5.97 Å². The molecule has 6 heteroatoms. The fraction of sp³-hybridized carbons (Fsp3) is 0.862. The number of carbonyl (C=O) groups is 2. The maximum absolute atomic E-state index is 12.5. The van der Waals surface area contributed by atoms with E-state index in [1.807, 2.05) is 0 Å². The van der Waals surface area contributed by atoms with Crippen molar-refractivity contribution in [2.75, 3.05) is 13.2 Å². The molecule has 0 aromatic rings. The number of hydrogen-bond donors (Lipinski definition) is 3. The molecule has 0 bridgehead atoms. The van der Waals surface area contributed by atoms with E-state index in [4.69, 9.17) is 4.74 Å². The molecule has 6 nitrogen and oxygen atoms in total. The zero-order chi connectivity index (χ0) is 46.5. The van der Waals surface area contributed by atoms with Gasteiger partial charge in [-0.3, -0.25) is 9.59 Å². The highest BCUT2D eigenvalue weighted by molar-refractivity contribution is 5.76. The molecular formula is C58H109NO5. The van der Waals surface area contributed by atoms with Crippen LogP contribution >= 0.6 is 0 Å². The van der Waals surface area contributed by atoms with E-state index in [0.717, 1.165) is 83.5 Å². The average molecular weight is 901 g/mol. The Balaban J connectivity index is 3.51. The van der Waals surface area contributed by atoms with E-state index in [2.05, 4.69) is 55.6 Å². The summed E-state index contributed by atoms with van der Waals surface area (Å²) < 4.78 is 5.45. The van der Waals surface area contributed by atoms with E-state index >= 15 is 0 Å². The quantitative estimate of drug-likeness (QED) is 0.0321. The summed E-state index contributed by atoms with van der Waals surface area (Å²) in [6, 6.07) is -0.563. The number of ether oxygens (including phenoxy) is 1. The summed E-state index contributed by atoms with van der Waals surface area (Å²) in [5.74, 6) is -0.0911. The second kappa shape index (κ2) is 53.7. The van der Waals surface area contributed by atoms with Crippen molar-refractivity contribution in [3.63, 3.8) is 0 Å². The summed E-state index contributed by atoms with van der Waals surface area (Å²) in [5.41, 5.74) is 0. The summed E-state index contributed by atoms with van der Waals surface area (Å²) in [5, 5.41) is 23.3. The summed E-state index contributed by atoms with van der Waals surface area (Å²) in [7, 11) is 0. The van der Waals surface area contributed by atoms with Crippen LogP contribution in [0.4, 0.5) is 0 Å². The molecule has 376 valence electrons. The molecule has 0 spiro atoms. The molecule has 2 atom stereocenters. The van der Waals surface area contributed by atoms with Gasteiger partial charge in [0.25, 0.3) is 0 Å². The lowest BCUT2D eigenvalue weighted by Gasteiger charge is -2.22. The fourth-order valence-electron chi connectivity index (χ4n) is 8.53. The predicted octanol–water partition coefficient (Wildman–Crippen LogP) is 17.2. The standard InChI is InChI=1S/C58H109NO5/c1-3-5-7-9-11-13-15-17-19-20-21-22-23-24-26-30-34-38-42-46-50-56(61)55(54-60)59-57(62)51-47-43-39-35-31-27-25-29-33-37-41-45-49-53-64-58(63)52-48-44-40-36-32-28-18-16-14-12-10-8-6-4-2/h10,12,16,18,27,31,55-56,60-61H,3-9,11,13-15,17,19-26,28-30,32-54H2,1-2H3,(H,59,62)/b12-10-,18-16-,31-27-. The van der Waals surface area contributed by atoms with E-state index in [1.54, 1.807) is 0 Å². The zero-order valence-electron chi connectivity index (χ0n) is 42.8. The zero-order valence-corrected chi connectivity index (χ0v) is 42.8. The van der Waals surface area contributed by atoms with Crippen LogP contribution in [-0.2, 0) is 14.3 Å². The summed E-state index contributed by atoms with van der Waals surface area (Å²) in [4.78, 5) is 24.5. The number of nitrogens with one attached hydrogen (secondary N) is 1. The van der Waals surface area contributed by atoms with Crippen LogP contribution in [0.2, 0.25) is 0 Å². The number of allylic oxidation sites excluding steroid dienone is 6. The van der Waals surface area contributed by atoms with Gasteiger partial charge in [0, 0.05) is 12.8 Å². The Labute approximate surface area is 398 Å². The third-order valence-corrected chi connectivity index (χ3v) is 12.9. The highest BCUT2D eigenvalue weighted by Gasteiger charge is 2.20. The molecule has 0 rings (SSSR count). The summed E-state index contributed by atoms with van der Waals surface area (Å²) in [6.07, 6.45) is 65.5. The van der Waals surface area contributed by atoms with Gasteiger partial charge in [0.1, 0.15) is 0 Å². The number of esters is 1. The van der Waals surface area contributed by atoms with Crippen molar-refractivity contribution in [2.45, 2.75) is 309 Å². The van der Waals surface area contributed by atoms with E-state index in [9.17, 15) is 19.8 Å². The van der Waals surface area contributed by atoms with Crippen molar-refractivity contribution in [1.82, 2.24) is 5.32 Å². The highest BCUT2D eigenvalue weighted by atomic mass is 16.5. The molecule has 0 radical (unpaired) electrons. The molecule has 64 heavy (non-hydrogen) atoms. The predicted molar refractivity (Wildman–Crippen MR) is 278 cm³/mol. The third-order valence-electron chi connectivity index (χ3n) is 12.9. The van der Waals surface area contributed by atoms with Crippen molar-refractivity contribution < 1.29 is 24.5 Å². The molecule has 0 aliphatic heterocycles. The second-order valence-electron chi connectivity index (χ2n) is 19.3. The fourth-order valence-corrected chi connectivity index (χ4v) is 8.53. The Bertz CT molecular complexity index is 1040. The molecule has 2 unspecified atom stereocenters. The molecule has 0 saturated carbocycles. The molecule has 0 fully saturated rings. The van der Waals surface area contributed by atoms with Gasteiger partial charge in [-0.2, -0.15) is 0 Å². The maximum Gasteiger partial charge on any atom is 0.305 e. The lowest BCUT2D eigenvalue weighted by molar-refractivity contribution is -0.143. The first-order valence-corrected chi connectivity index (χ1v) is 28.2. The van der Waals surface area contributed by atoms with E-state index in [0.29, 0.717) is 25.9 Å². The molecule has 3 N–H and O–H groups in total. The van der Waals surface area contributed by atoms with Crippen molar-refractivity contribution in [2.24, 2.45) is 0 Å². The normalized spacial score (nSPS) is 12.9. The van der Waals surface area contributed by atoms with Gasteiger partial charge in [0.05, 0.1) is 25.4 Å². The number of carbonyl (C=O) groups excluding carboxylic acids is 2. The monoisotopic (exact) mass is 900 g/mol. The molecule has 0 aliphatic rings. The van der Waals surface area contributed by atoms with Gasteiger partial charge in [0.15, 0.2) is 0 Å². The van der Waals surface area contributed by atoms with Gasteiger partial charge in [-0.25, -0.2) is 0 Å². The molecular weight excluding hydrogens is 791 g/mol. The summed E-state index contributed by atoms with van der Waals surface area (Å²) in [6.45, 7) is 4.87. The van der Waals surface area contributed by atoms with Crippen LogP contribution in [0.25, 0.3) is 0 Å². The Morgan fingerprint density at radius 1 is 0.438 bits per heavy atom. The number of hydrogen-bond acceptors (Lipinski definition) is 5.